The average molecular weight is 281 g/mol. The molecule has 0 amide bonds. The lowest BCUT2D eigenvalue weighted by Crippen LogP contribution is -2.64. The number of hydrogen-bond donors (Lipinski definition) is 1. The van der Waals surface area contributed by atoms with Gasteiger partial charge in [0.15, 0.2) is 0 Å². The van der Waals surface area contributed by atoms with E-state index in [0.717, 1.165) is 12.6 Å². The van der Waals surface area contributed by atoms with Crippen molar-refractivity contribution in [2.45, 2.75) is 103 Å². The van der Waals surface area contributed by atoms with Gasteiger partial charge < -0.3 is 10.1 Å². The maximum Gasteiger partial charge on any atom is 0.0661 e. The Kier molecular flexibility index (Phi) is 6.35. The molecule has 2 nitrogen and oxygen atoms in total. The predicted octanol–water partition coefficient (Wildman–Crippen LogP) is 4.67. The molecular weight excluding hydrogens is 246 g/mol. The Morgan fingerprint density at radius 1 is 1.15 bits per heavy atom. The SMILES string of the molecule is CCCCCCC(C)NC1CC(OCC)C12CCCC2. The van der Waals surface area contributed by atoms with Crippen LogP contribution in [0.2, 0.25) is 0 Å². The largest absolute Gasteiger partial charge is 0.378 e. The second-order valence-electron chi connectivity index (χ2n) is 7.09. The Labute approximate surface area is 126 Å². The van der Waals surface area contributed by atoms with Crippen molar-refractivity contribution in [1.82, 2.24) is 5.32 Å². The van der Waals surface area contributed by atoms with E-state index in [0.29, 0.717) is 17.6 Å². The quantitative estimate of drug-likeness (QED) is 0.620. The minimum absolute atomic E-state index is 0.494. The summed E-state index contributed by atoms with van der Waals surface area (Å²) in [5.41, 5.74) is 0.494. The molecule has 0 bridgehead atoms. The van der Waals surface area contributed by atoms with Crippen LogP contribution in [0.4, 0.5) is 0 Å². The first-order valence-corrected chi connectivity index (χ1v) is 9.10. The topological polar surface area (TPSA) is 21.3 Å². The zero-order valence-corrected chi connectivity index (χ0v) is 13.9. The fraction of sp³-hybridized carbons (Fsp3) is 1.00. The monoisotopic (exact) mass is 281 g/mol. The van der Waals surface area contributed by atoms with Gasteiger partial charge in [-0.25, -0.2) is 0 Å². The molecule has 1 spiro atoms. The molecule has 3 atom stereocenters. The van der Waals surface area contributed by atoms with Crippen molar-refractivity contribution in [3.05, 3.63) is 0 Å². The molecule has 2 rings (SSSR count). The van der Waals surface area contributed by atoms with E-state index in [1.54, 1.807) is 0 Å². The van der Waals surface area contributed by atoms with E-state index in [-0.39, 0.29) is 0 Å². The summed E-state index contributed by atoms with van der Waals surface area (Å²) in [7, 11) is 0. The van der Waals surface area contributed by atoms with Crippen LogP contribution in [-0.2, 0) is 4.74 Å². The first-order valence-electron chi connectivity index (χ1n) is 9.10. The summed E-state index contributed by atoms with van der Waals surface area (Å²) in [5, 5.41) is 3.93. The van der Waals surface area contributed by atoms with Gasteiger partial charge in [0, 0.05) is 24.1 Å². The van der Waals surface area contributed by atoms with E-state index in [2.05, 4.69) is 26.1 Å². The summed E-state index contributed by atoms with van der Waals surface area (Å²) in [5.74, 6) is 0. The summed E-state index contributed by atoms with van der Waals surface area (Å²) in [6.45, 7) is 7.68. The Morgan fingerprint density at radius 2 is 1.90 bits per heavy atom. The number of rotatable bonds is 9. The van der Waals surface area contributed by atoms with Crippen LogP contribution >= 0.6 is 0 Å². The molecule has 0 aliphatic heterocycles. The minimum Gasteiger partial charge on any atom is -0.378 e. The van der Waals surface area contributed by atoms with Crippen molar-refractivity contribution in [2.75, 3.05) is 6.61 Å². The molecular formula is C18H35NO. The highest BCUT2D eigenvalue weighted by molar-refractivity contribution is 5.10. The van der Waals surface area contributed by atoms with Gasteiger partial charge in [-0.05, 0) is 39.5 Å². The van der Waals surface area contributed by atoms with Crippen LogP contribution in [0, 0.1) is 5.41 Å². The molecule has 118 valence electrons. The van der Waals surface area contributed by atoms with E-state index in [1.807, 2.05) is 0 Å². The molecule has 0 aromatic heterocycles. The Balaban J connectivity index is 1.75. The summed E-state index contributed by atoms with van der Waals surface area (Å²) in [6, 6.07) is 1.40. The third-order valence-corrected chi connectivity index (χ3v) is 5.66. The molecule has 0 saturated heterocycles. The predicted molar refractivity (Wildman–Crippen MR) is 86.1 cm³/mol. The summed E-state index contributed by atoms with van der Waals surface area (Å²) < 4.78 is 6.00. The molecule has 3 unspecified atom stereocenters. The molecule has 2 heteroatoms. The number of hydrogen-bond acceptors (Lipinski definition) is 2. The number of unbranched alkanes of at least 4 members (excludes halogenated alkanes) is 3. The summed E-state index contributed by atoms with van der Waals surface area (Å²) >= 11 is 0. The van der Waals surface area contributed by atoms with Crippen molar-refractivity contribution < 1.29 is 4.74 Å². The van der Waals surface area contributed by atoms with Crippen LogP contribution in [0.1, 0.15) is 85.0 Å². The van der Waals surface area contributed by atoms with Gasteiger partial charge in [-0.2, -0.15) is 0 Å². The van der Waals surface area contributed by atoms with Crippen LogP contribution in [0.3, 0.4) is 0 Å². The lowest BCUT2D eigenvalue weighted by atomic mass is 9.60. The highest BCUT2D eigenvalue weighted by Gasteiger charge is 2.56. The maximum atomic E-state index is 6.00. The zero-order chi connectivity index (χ0) is 14.4. The van der Waals surface area contributed by atoms with E-state index < -0.39 is 0 Å². The van der Waals surface area contributed by atoms with E-state index >= 15 is 0 Å². The third-order valence-electron chi connectivity index (χ3n) is 5.66. The van der Waals surface area contributed by atoms with Gasteiger partial charge in [0.25, 0.3) is 0 Å². The maximum absolute atomic E-state index is 6.00. The molecule has 1 N–H and O–H groups in total. The van der Waals surface area contributed by atoms with Gasteiger partial charge in [0.05, 0.1) is 6.10 Å². The van der Waals surface area contributed by atoms with Crippen LogP contribution in [-0.4, -0.2) is 24.8 Å². The van der Waals surface area contributed by atoms with E-state index in [9.17, 15) is 0 Å². The van der Waals surface area contributed by atoms with Crippen molar-refractivity contribution in [2.24, 2.45) is 5.41 Å². The second kappa shape index (κ2) is 7.79. The van der Waals surface area contributed by atoms with Crippen LogP contribution in [0.15, 0.2) is 0 Å². The lowest BCUT2D eigenvalue weighted by Gasteiger charge is -2.55. The second-order valence-corrected chi connectivity index (χ2v) is 7.09. The molecule has 0 aromatic rings. The lowest BCUT2D eigenvalue weighted by molar-refractivity contribution is -0.132. The van der Waals surface area contributed by atoms with E-state index in [1.165, 1.54) is 64.2 Å². The first kappa shape index (κ1) is 16.3. The smallest absolute Gasteiger partial charge is 0.0661 e. The first-order chi connectivity index (χ1) is 9.73. The Morgan fingerprint density at radius 3 is 2.55 bits per heavy atom. The number of nitrogens with one attached hydrogen (secondary N) is 1. The van der Waals surface area contributed by atoms with Crippen molar-refractivity contribution >= 4 is 0 Å². The van der Waals surface area contributed by atoms with Crippen molar-refractivity contribution in [3.8, 4) is 0 Å². The summed E-state index contributed by atoms with van der Waals surface area (Å²) in [6.07, 6.45) is 14.2. The highest BCUT2D eigenvalue weighted by atomic mass is 16.5. The molecule has 0 heterocycles. The molecule has 0 radical (unpaired) electrons. The van der Waals surface area contributed by atoms with Gasteiger partial charge in [0.2, 0.25) is 0 Å². The fourth-order valence-electron chi connectivity index (χ4n) is 4.42. The van der Waals surface area contributed by atoms with Gasteiger partial charge in [0.1, 0.15) is 0 Å². The third kappa shape index (κ3) is 3.57. The molecule has 2 saturated carbocycles. The standard InChI is InChI=1S/C18H35NO/c1-4-6-7-8-11-15(3)19-16-14-17(20-5-2)18(16)12-9-10-13-18/h15-17,19H,4-14H2,1-3H3. The number of ether oxygens (including phenoxy) is 1. The van der Waals surface area contributed by atoms with Gasteiger partial charge in [-0.3, -0.25) is 0 Å². The van der Waals surface area contributed by atoms with Crippen LogP contribution < -0.4 is 5.32 Å². The van der Waals surface area contributed by atoms with Crippen LogP contribution in [0.25, 0.3) is 0 Å². The zero-order valence-electron chi connectivity index (χ0n) is 13.9. The Hall–Kier alpha value is -0.0800. The Bertz CT molecular complexity index is 273. The molecule has 20 heavy (non-hydrogen) atoms. The van der Waals surface area contributed by atoms with Crippen molar-refractivity contribution in [1.29, 1.82) is 0 Å². The van der Waals surface area contributed by atoms with Crippen LogP contribution in [0.5, 0.6) is 0 Å². The van der Waals surface area contributed by atoms with Gasteiger partial charge in [-0.1, -0.05) is 45.4 Å². The van der Waals surface area contributed by atoms with E-state index in [4.69, 9.17) is 4.74 Å². The van der Waals surface area contributed by atoms with Gasteiger partial charge in [-0.15, -0.1) is 0 Å². The summed E-state index contributed by atoms with van der Waals surface area (Å²) in [4.78, 5) is 0. The average Bonchev–Trinajstić information content (AvgIpc) is 2.95. The van der Waals surface area contributed by atoms with Crippen molar-refractivity contribution in [3.63, 3.8) is 0 Å². The molecule has 2 aliphatic rings. The normalized spacial score (nSPS) is 29.6. The fourth-order valence-corrected chi connectivity index (χ4v) is 4.42. The molecule has 2 aliphatic carbocycles. The molecule has 2 fully saturated rings. The van der Waals surface area contributed by atoms with Gasteiger partial charge >= 0.3 is 0 Å². The molecule has 0 aromatic carbocycles. The minimum atomic E-state index is 0.494. The highest BCUT2D eigenvalue weighted by Crippen LogP contribution is 2.54.